The molecule has 0 spiro atoms. The summed E-state index contributed by atoms with van der Waals surface area (Å²) < 4.78 is 6.83. The number of nitrogens with one attached hydrogen (secondary N) is 1. The van der Waals surface area contributed by atoms with E-state index in [9.17, 15) is 4.79 Å². The molecular formula is C19H20ClN7O2. The molecule has 3 rings (SSSR count). The highest BCUT2D eigenvalue weighted by molar-refractivity contribution is 6.29. The van der Waals surface area contributed by atoms with E-state index in [4.69, 9.17) is 22.9 Å². The second-order valence-corrected chi connectivity index (χ2v) is 7.82. The SMILES string of the molecule is [C-]#[N+]c1cnc2c(Nc3ccc(C(=O)OC(C)(C)C)c(N(C)C)n3)cc(Cl)nn12. The van der Waals surface area contributed by atoms with Crippen LogP contribution in [0.2, 0.25) is 5.15 Å². The summed E-state index contributed by atoms with van der Waals surface area (Å²) in [6.07, 6.45) is 1.42. The lowest BCUT2D eigenvalue weighted by atomic mass is 10.2. The highest BCUT2D eigenvalue weighted by Crippen LogP contribution is 2.28. The van der Waals surface area contributed by atoms with Crippen LogP contribution in [0.1, 0.15) is 31.1 Å². The van der Waals surface area contributed by atoms with E-state index in [1.807, 2.05) is 20.8 Å². The summed E-state index contributed by atoms with van der Waals surface area (Å²) in [5, 5.41) is 7.43. The van der Waals surface area contributed by atoms with E-state index in [0.717, 1.165) is 0 Å². The Hall–Kier alpha value is -3.38. The van der Waals surface area contributed by atoms with Crippen molar-refractivity contribution in [2.24, 2.45) is 0 Å². The molecule has 0 saturated heterocycles. The molecule has 0 aliphatic heterocycles. The van der Waals surface area contributed by atoms with Crippen LogP contribution in [-0.4, -0.2) is 45.2 Å². The first-order valence-corrected chi connectivity index (χ1v) is 9.07. The number of halogens is 1. The first-order valence-electron chi connectivity index (χ1n) is 8.69. The summed E-state index contributed by atoms with van der Waals surface area (Å²) in [6.45, 7) is 12.6. The van der Waals surface area contributed by atoms with Crippen LogP contribution in [0, 0.1) is 6.57 Å². The lowest BCUT2D eigenvalue weighted by Crippen LogP contribution is -2.26. The van der Waals surface area contributed by atoms with Gasteiger partial charge in [-0.3, -0.25) is 0 Å². The van der Waals surface area contributed by atoms with Crippen LogP contribution in [0.4, 0.5) is 23.1 Å². The quantitative estimate of drug-likeness (QED) is 0.508. The predicted octanol–water partition coefficient (Wildman–Crippen LogP) is 4.09. The van der Waals surface area contributed by atoms with Crippen molar-refractivity contribution in [3.8, 4) is 0 Å². The maximum atomic E-state index is 12.5. The Morgan fingerprint density at radius 1 is 1.34 bits per heavy atom. The lowest BCUT2D eigenvalue weighted by Gasteiger charge is -2.22. The summed E-state index contributed by atoms with van der Waals surface area (Å²) in [4.78, 5) is 26.4. The Bertz CT molecular complexity index is 1130. The molecule has 3 aromatic heterocycles. The molecule has 29 heavy (non-hydrogen) atoms. The van der Waals surface area contributed by atoms with E-state index in [2.05, 4.69) is 25.2 Å². The molecular weight excluding hydrogens is 394 g/mol. The van der Waals surface area contributed by atoms with E-state index < -0.39 is 11.6 Å². The average molecular weight is 414 g/mol. The summed E-state index contributed by atoms with van der Waals surface area (Å²) in [7, 11) is 3.58. The average Bonchev–Trinajstić information content (AvgIpc) is 3.03. The molecule has 10 heteroatoms. The molecule has 3 aromatic rings. The van der Waals surface area contributed by atoms with Gasteiger partial charge in [0, 0.05) is 20.2 Å². The monoisotopic (exact) mass is 413 g/mol. The van der Waals surface area contributed by atoms with Crippen LogP contribution in [0.5, 0.6) is 0 Å². The van der Waals surface area contributed by atoms with Crippen LogP contribution in [0.15, 0.2) is 24.4 Å². The van der Waals surface area contributed by atoms with Gasteiger partial charge in [-0.15, -0.1) is 4.52 Å². The number of hydrogen-bond donors (Lipinski definition) is 1. The predicted molar refractivity (Wildman–Crippen MR) is 111 cm³/mol. The van der Waals surface area contributed by atoms with Crippen LogP contribution < -0.4 is 10.2 Å². The molecule has 9 nitrogen and oxygen atoms in total. The van der Waals surface area contributed by atoms with Crippen LogP contribution in [0.3, 0.4) is 0 Å². The maximum absolute atomic E-state index is 12.5. The number of rotatable bonds is 4. The lowest BCUT2D eigenvalue weighted by molar-refractivity contribution is 0.00700. The number of nitrogens with zero attached hydrogens (tertiary/aromatic N) is 6. The third-order valence-corrected chi connectivity index (χ3v) is 3.90. The maximum Gasteiger partial charge on any atom is 0.342 e. The Labute approximate surface area is 173 Å². The standard InChI is InChI=1S/C19H20ClN7O2/c1-19(2,3)29-18(28)11-7-8-14(24-16(11)26(5)6)23-12-9-13(20)25-27-15(21-4)10-22-17(12)27/h7-10H,1-3,5-6H3,(H,23,24). The summed E-state index contributed by atoms with van der Waals surface area (Å²) in [5.74, 6) is 0.709. The third-order valence-electron chi connectivity index (χ3n) is 3.71. The zero-order valence-electron chi connectivity index (χ0n) is 16.7. The fourth-order valence-corrected chi connectivity index (χ4v) is 2.77. The van der Waals surface area contributed by atoms with Crippen LogP contribution >= 0.6 is 11.6 Å². The van der Waals surface area contributed by atoms with E-state index >= 15 is 0 Å². The van der Waals surface area contributed by atoms with Gasteiger partial charge >= 0.3 is 5.97 Å². The second-order valence-electron chi connectivity index (χ2n) is 7.43. The summed E-state index contributed by atoms with van der Waals surface area (Å²) >= 11 is 6.09. The highest BCUT2D eigenvalue weighted by Gasteiger charge is 2.23. The number of fused-ring (bicyclic) bond motifs is 1. The molecule has 0 aliphatic rings. The topological polar surface area (TPSA) is 89.0 Å². The smallest absolute Gasteiger partial charge is 0.342 e. The molecule has 0 atom stereocenters. The molecule has 150 valence electrons. The van der Waals surface area contributed by atoms with E-state index in [0.29, 0.717) is 28.5 Å². The molecule has 1 N–H and O–H groups in total. The van der Waals surface area contributed by atoms with Crippen LogP contribution in [-0.2, 0) is 4.74 Å². The highest BCUT2D eigenvalue weighted by atomic mass is 35.5. The molecule has 0 amide bonds. The minimum absolute atomic E-state index is 0.195. The second kappa shape index (κ2) is 7.56. The van der Waals surface area contributed by atoms with Crippen molar-refractivity contribution >= 4 is 46.4 Å². The van der Waals surface area contributed by atoms with Gasteiger partial charge in [0.25, 0.3) is 11.5 Å². The van der Waals surface area contributed by atoms with Gasteiger partial charge in [0.15, 0.2) is 5.15 Å². The van der Waals surface area contributed by atoms with Crippen molar-refractivity contribution in [2.45, 2.75) is 26.4 Å². The summed E-state index contributed by atoms with van der Waals surface area (Å²) in [6, 6.07) is 4.90. The first kappa shape index (κ1) is 20.4. The number of carbonyl (C=O) groups is 1. The number of imidazole rings is 1. The molecule has 0 unspecified atom stereocenters. The van der Waals surface area contributed by atoms with Crippen molar-refractivity contribution in [3.05, 3.63) is 46.5 Å². The minimum Gasteiger partial charge on any atom is -0.456 e. The number of pyridine rings is 1. The Kier molecular flexibility index (Phi) is 5.31. The van der Waals surface area contributed by atoms with Crippen molar-refractivity contribution in [2.75, 3.05) is 24.3 Å². The summed E-state index contributed by atoms with van der Waals surface area (Å²) in [5.41, 5.74) is 0.703. The van der Waals surface area contributed by atoms with Gasteiger partial charge in [0.1, 0.15) is 28.5 Å². The van der Waals surface area contributed by atoms with Crippen molar-refractivity contribution in [1.29, 1.82) is 0 Å². The van der Waals surface area contributed by atoms with Gasteiger partial charge in [0.05, 0.1) is 6.20 Å². The van der Waals surface area contributed by atoms with Gasteiger partial charge in [-0.2, -0.15) is 0 Å². The zero-order chi connectivity index (χ0) is 21.3. The van der Waals surface area contributed by atoms with E-state index in [1.165, 1.54) is 10.7 Å². The number of hydrogen-bond acceptors (Lipinski definition) is 7. The van der Waals surface area contributed by atoms with Gasteiger partial charge < -0.3 is 19.8 Å². The van der Waals surface area contributed by atoms with Crippen LogP contribution in [0.25, 0.3) is 10.5 Å². The molecule has 0 radical (unpaired) electrons. The van der Waals surface area contributed by atoms with Crippen molar-refractivity contribution in [3.63, 3.8) is 0 Å². The fraction of sp³-hybridized carbons (Fsp3) is 0.316. The molecule has 0 aromatic carbocycles. The molecule has 0 bridgehead atoms. The number of esters is 1. The van der Waals surface area contributed by atoms with E-state index in [-0.39, 0.29) is 11.0 Å². The molecule has 0 aliphatic carbocycles. The minimum atomic E-state index is -0.613. The molecule has 0 fully saturated rings. The van der Waals surface area contributed by atoms with Crippen molar-refractivity contribution < 1.29 is 9.53 Å². The third kappa shape index (κ3) is 4.38. The Morgan fingerprint density at radius 3 is 2.69 bits per heavy atom. The van der Waals surface area contributed by atoms with Gasteiger partial charge in [-0.25, -0.2) is 14.8 Å². The zero-order valence-corrected chi connectivity index (χ0v) is 17.4. The molecule has 3 heterocycles. The van der Waals surface area contributed by atoms with Gasteiger partial charge in [-0.05, 0) is 32.9 Å². The largest absolute Gasteiger partial charge is 0.456 e. The number of aromatic nitrogens is 4. The van der Waals surface area contributed by atoms with Gasteiger partial charge in [-0.1, -0.05) is 23.3 Å². The van der Waals surface area contributed by atoms with Crippen molar-refractivity contribution in [1.82, 2.24) is 19.6 Å². The number of ether oxygens (including phenoxy) is 1. The fourth-order valence-electron chi connectivity index (χ4n) is 2.58. The van der Waals surface area contributed by atoms with E-state index in [1.54, 1.807) is 37.2 Å². The van der Waals surface area contributed by atoms with Gasteiger partial charge in [0.2, 0.25) is 0 Å². The Balaban J connectivity index is 2.00. The Morgan fingerprint density at radius 2 is 2.07 bits per heavy atom. The number of anilines is 3. The first-order chi connectivity index (χ1) is 13.6. The molecule has 0 saturated carbocycles. The number of carbonyl (C=O) groups excluding carboxylic acids is 1. The normalized spacial score (nSPS) is 11.2.